The highest BCUT2D eigenvalue weighted by molar-refractivity contribution is 5.80. The standard InChI is InChI=1S/C14H28FN5O2/c1-2-18-11(13(21)22)8-10-4-3-6-14(15,9-10)7-5-12(16)19-20-17/h10-11,18,20H,2-9,17H2,1H3,(H2,16,19)(H,21,22)/t10?,11-,14-/m0/s1. The number of likely N-dealkylation sites (N-methyl/N-ethyl adjacent to an activating group) is 1. The first-order valence-corrected chi connectivity index (χ1v) is 7.83. The molecule has 22 heavy (non-hydrogen) atoms. The van der Waals surface area contributed by atoms with Gasteiger partial charge >= 0.3 is 5.97 Å². The Labute approximate surface area is 130 Å². The number of amidine groups is 1. The van der Waals surface area contributed by atoms with E-state index in [1.165, 1.54) is 0 Å². The molecular formula is C14H28FN5O2. The molecule has 1 unspecified atom stereocenters. The lowest BCUT2D eigenvalue weighted by Crippen LogP contribution is -2.41. The minimum atomic E-state index is -1.30. The van der Waals surface area contributed by atoms with Crippen LogP contribution in [0.1, 0.15) is 51.9 Å². The van der Waals surface area contributed by atoms with Gasteiger partial charge in [0.1, 0.15) is 17.5 Å². The fourth-order valence-corrected chi connectivity index (χ4v) is 3.20. The zero-order valence-corrected chi connectivity index (χ0v) is 13.1. The summed E-state index contributed by atoms with van der Waals surface area (Å²) in [6.07, 6.45) is 3.60. The molecule has 1 saturated carbocycles. The molecule has 0 radical (unpaired) electrons. The van der Waals surface area contributed by atoms with Crippen LogP contribution in [-0.4, -0.2) is 35.2 Å². The van der Waals surface area contributed by atoms with Gasteiger partial charge in [-0.15, -0.1) is 0 Å². The summed E-state index contributed by atoms with van der Waals surface area (Å²) >= 11 is 0. The fourth-order valence-electron chi connectivity index (χ4n) is 3.20. The highest BCUT2D eigenvalue weighted by Gasteiger charge is 2.37. The van der Waals surface area contributed by atoms with E-state index in [2.05, 4.69) is 16.0 Å². The summed E-state index contributed by atoms with van der Waals surface area (Å²) in [7, 11) is 0. The third kappa shape index (κ3) is 6.15. The highest BCUT2D eigenvalue weighted by atomic mass is 19.1. The number of rotatable bonds is 9. The molecule has 7 nitrogen and oxygen atoms in total. The van der Waals surface area contributed by atoms with Gasteiger partial charge in [0.25, 0.3) is 0 Å². The maximum Gasteiger partial charge on any atom is 0.320 e. The number of nitrogens with zero attached hydrogens (tertiary/aromatic N) is 1. The van der Waals surface area contributed by atoms with Crippen molar-refractivity contribution in [2.75, 3.05) is 6.54 Å². The Morgan fingerprint density at radius 1 is 1.59 bits per heavy atom. The van der Waals surface area contributed by atoms with E-state index in [1.807, 2.05) is 6.92 Å². The number of nitrogens with one attached hydrogen (secondary N) is 2. The Bertz CT molecular complexity index is 393. The van der Waals surface area contributed by atoms with E-state index in [9.17, 15) is 14.3 Å². The molecule has 0 aliphatic heterocycles. The molecule has 7 N–H and O–H groups in total. The molecule has 0 saturated heterocycles. The molecule has 1 rings (SSSR count). The lowest BCUT2D eigenvalue weighted by Gasteiger charge is -2.35. The van der Waals surface area contributed by atoms with Gasteiger partial charge in [-0.25, -0.2) is 15.8 Å². The van der Waals surface area contributed by atoms with E-state index >= 15 is 0 Å². The molecule has 0 amide bonds. The first-order chi connectivity index (χ1) is 10.4. The third-order valence-electron chi connectivity index (χ3n) is 4.25. The van der Waals surface area contributed by atoms with E-state index in [1.54, 1.807) is 0 Å². The quantitative estimate of drug-likeness (QED) is 0.186. The van der Waals surface area contributed by atoms with Crippen molar-refractivity contribution in [3.05, 3.63) is 0 Å². The molecule has 1 aliphatic carbocycles. The summed E-state index contributed by atoms with van der Waals surface area (Å²) in [5.74, 6) is 4.51. The number of hydrogen-bond acceptors (Lipinski definition) is 5. The van der Waals surface area contributed by atoms with Crippen LogP contribution in [0.25, 0.3) is 0 Å². The van der Waals surface area contributed by atoms with Crippen molar-refractivity contribution in [1.29, 1.82) is 0 Å². The summed E-state index contributed by atoms with van der Waals surface area (Å²) in [5.41, 5.74) is 6.41. The number of carbonyl (C=O) groups is 1. The molecule has 1 aliphatic rings. The first kappa shape index (κ1) is 18.6. The van der Waals surface area contributed by atoms with Crippen LogP contribution in [0, 0.1) is 5.92 Å². The van der Waals surface area contributed by atoms with Crippen LogP contribution in [-0.2, 0) is 4.79 Å². The molecule has 0 heterocycles. The van der Waals surface area contributed by atoms with E-state index in [0.717, 1.165) is 12.8 Å². The van der Waals surface area contributed by atoms with E-state index < -0.39 is 17.7 Å². The summed E-state index contributed by atoms with van der Waals surface area (Å²) in [5, 5.41) is 15.8. The van der Waals surface area contributed by atoms with Gasteiger partial charge < -0.3 is 16.2 Å². The zero-order chi connectivity index (χ0) is 16.6. The van der Waals surface area contributed by atoms with Crippen LogP contribution >= 0.6 is 0 Å². The number of carboxylic acids is 1. The lowest BCUT2D eigenvalue weighted by atomic mass is 9.75. The average molecular weight is 317 g/mol. The average Bonchev–Trinajstić information content (AvgIpc) is 2.45. The maximum atomic E-state index is 14.9. The highest BCUT2D eigenvalue weighted by Crippen LogP contribution is 2.40. The zero-order valence-electron chi connectivity index (χ0n) is 13.1. The number of nitrogens with two attached hydrogens (primary N) is 2. The minimum absolute atomic E-state index is 0.0738. The van der Waals surface area contributed by atoms with Crippen LogP contribution in [0.4, 0.5) is 4.39 Å². The fraction of sp³-hybridized carbons (Fsp3) is 0.857. The third-order valence-corrected chi connectivity index (χ3v) is 4.25. The van der Waals surface area contributed by atoms with Crippen LogP contribution in [0.5, 0.6) is 0 Å². The van der Waals surface area contributed by atoms with Crippen LogP contribution < -0.4 is 22.4 Å². The predicted molar refractivity (Wildman–Crippen MR) is 83.7 cm³/mol. The van der Waals surface area contributed by atoms with Crippen molar-refractivity contribution < 1.29 is 14.3 Å². The number of hydrazone groups is 1. The van der Waals surface area contributed by atoms with E-state index in [0.29, 0.717) is 38.6 Å². The first-order valence-electron chi connectivity index (χ1n) is 7.83. The van der Waals surface area contributed by atoms with Crippen molar-refractivity contribution in [1.82, 2.24) is 10.9 Å². The monoisotopic (exact) mass is 317 g/mol. The molecule has 0 spiro atoms. The Morgan fingerprint density at radius 3 is 2.91 bits per heavy atom. The van der Waals surface area contributed by atoms with Crippen molar-refractivity contribution in [3.63, 3.8) is 0 Å². The van der Waals surface area contributed by atoms with Gasteiger partial charge in [-0.2, -0.15) is 5.10 Å². The van der Waals surface area contributed by atoms with Gasteiger partial charge in [-0.3, -0.25) is 4.79 Å². The molecule has 3 atom stereocenters. The Hall–Kier alpha value is -1.41. The number of halogens is 1. The second-order valence-electron chi connectivity index (χ2n) is 6.03. The minimum Gasteiger partial charge on any atom is -0.480 e. The molecule has 0 aromatic heterocycles. The molecule has 0 aromatic carbocycles. The molecule has 0 aromatic rings. The van der Waals surface area contributed by atoms with Crippen LogP contribution in [0.3, 0.4) is 0 Å². The smallest absolute Gasteiger partial charge is 0.320 e. The number of hydrazine groups is 1. The number of carboxylic acid groups (broad SMARTS) is 1. The van der Waals surface area contributed by atoms with Gasteiger partial charge in [0.2, 0.25) is 0 Å². The van der Waals surface area contributed by atoms with Gasteiger partial charge in [0, 0.05) is 6.42 Å². The SMILES string of the molecule is CCN[C@@H](CC1CCC[C@](F)(CC/C(N)=N/NN)C1)C(=O)O. The van der Waals surface area contributed by atoms with Crippen molar-refractivity contribution in [3.8, 4) is 0 Å². The Morgan fingerprint density at radius 2 is 2.32 bits per heavy atom. The van der Waals surface area contributed by atoms with Crippen molar-refractivity contribution >= 4 is 11.8 Å². The molecule has 8 heteroatoms. The summed E-state index contributed by atoms with van der Waals surface area (Å²) in [6, 6.07) is -0.606. The van der Waals surface area contributed by atoms with Gasteiger partial charge in [0.05, 0.1) is 0 Å². The lowest BCUT2D eigenvalue weighted by molar-refractivity contribution is -0.140. The molecule has 0 bridgehead atoms. The van der Waals surface area contributed by atoms with Gasteiger partial charge in [-0.05, 0) is 44.6 Å². The Balaban J connectivity index is 2.55. The van der Waals surface area contributed by atoms with Gasteiger partial charge in [-0.1, -0.05) is 13.3 Å². The second kappa shape index (κ2) is 8.89. The second-order valence-corrected chi connectivity index (χ2v) is 6.03. The van der Waals surface area contributed by atoms with Crippen LogP contribution in [0.2, 0.25) is 0 Å². The van der Waals surface area contributed by atoms with Crippen molar-refractivity contribution in [2.24, 2.45) is 22.6 Å². The molecule has 1 fully saturated rings. The topological polar surface area (TPSA) is 126 Å². The largest absolute Gasteiger partial charge is 0.480 e. The summed E-state index contributed by atoms with van der Waals surface area (Å²) in [4.78, 5) is 11.2. The molecule has 128 valence electrons. The number of aliphatic carboxylic acids is 1. The Kier molecular flexibility index (Phi) is 7.53. The maximum absolute atomic E-state index is 14.9. The van der Waals surface area contributed by atoms with Crippen LogP contribution in [0.15, 0.2) is 5.10 Å². The van der Waals surface area contributed by atoms with E-state index in [4.69, 9.17) is 11.6 Å². The summed E-state index contributed by atoms with van der Waals surface area (Å²) < 4.78 is 14.9. The van der Waals surface area contributed by atoms with Crippen molar-refractivity contribution in [2.45, 2.75) is 63.6 Å². The summed E-state index contributed by atoms with van der Waals surface area (Å²) in [6.45, 7) is 2.45. The number of alkyl halides is 1. The van der Waals surface area contributed by atoms with Gasteiger partial charge in [0.15, 0.2) is 0 Å². The molecular weight excluding hydrogens is 289 g/mol. The van der Waals surface area contributed by atoms with E-state index in [-0.39, 0.29) is 11.8 Å². The predicted octanol–water partition coefficient (Wildman–Crippen LogP) is 0.853. The normalized spacial score (nSPS) is 27.4. The number of hydrogen-bond donors (Lipinski definition) is 5.